The van der Waals surface area contributed by atoms with Crippen LogP contribution in [0.5, 0.6) is 0 Å². The van der Waals surface area contributed by atoms with Gasteiger partial charge in [0.05, 0.1) is 13.0 Å². The summed E-state index contributed by atoms with van der Waals surface area (Å²) in [5.41, 5.74) is 4.24. The number of carbonyl (C=O) groups is 2. The Labute approximate surface area is 218 Å². The summed E-state index contributed by atoms with van der Waals surface area (Å²) in [6.45, 7) is 12.5. The molecule has 0 aliphatic carbocycles. The van der Waals surface area contributed by atoms with Crippen LogP contribution < -0.4 is 0 Å². The molecule has 0 radical (unpaired) electrons. The number of hydrogen-bond acceptors (Lipinski definition) is 3. The molecule has 0 bridgehead atoms. The van der Waals surface area contributed by atoms with Crippen molar-refractivity contribution in [2.75, 3.05) is 6.61 Å². The number of esters is 1. The Kier molecular flexibility index (Phi) is 13.0. The van der Waals surface area contributed by atoms with E-state index in [1.54, 1.807) is 0 Å². The number of carbonyl (C=O) groups excluding carboxylic acids is 2. The van der Waals surface area contributed by atoms with E-state index in [9.17, 15) is 9.59 Å². The highest BCUT2D eigenvalue weighted by molar-refractivity contribution is 5.98. The second-order valence-corrected chi connectivity index (χ2v) is 10.2. The summed E-state index contributed by atoms with van der Waals surface area (Å²) in [5.74, 6) is -0.249. The van der Waals surface area contributed by atoms with Crippen molar-refractivity contribution >= 4 is 11.8 Å². The van der Waals surface area contributed by atoms with Gasteiger partial charge in [-0.05, 0) is 69.4 Å². The number of benzene rings is 2. The second-order valence-electron chi connectivity index (χ2n) is 10.2. The number of rotatable bonds is 16. The molecule has 3 nitrogen and oxygen atoms in total. The number of aryl methyl sites for hydroxylation is 1. The fraction of sp³-hybridized carbons (Fsp3) is 0.455. The fourth-order valence-corrected chi connectivity index (χ4v) is 4.43. The first-order valence-corrected chi connectivity index (χ1v) is 13.4. The molecule has 0 N–H and O–H groups in total. The van der Waals surface area contributed by atoms with Crippen LogP contribution in [0.1, 0.15) is 93.6 Å². The number of ketones is 1. The Balaban J connectivity index is 1.99. The van der Waals surface area contributed by atoms with Gasteiger partial charge in [-0.1, -0.05) is 86.2 Å². The van der Waals surface area contributed by atoms with Crippen LogP contribution in [-0.2, 0) is 16.0 Å². The molecule has 0 aromatic heterocycles. The van der Waals surface area contributed by atoms with E-state index in [0.29, 0.717) is 18.1 Å². The summed E-state index contributed by atoms with van der Waals surface area (Å²) < 4.78 is 5.62. The van der Waals surface area contributed by atoms with E-state index in [0.717, 1.165) is 44.1 Å². The van der Waals surface area contributed by atoms with Gasteiger partial charge < -0.3 is 4.74 Å². The normalized spacial score (nSPS) is 13.3. The highest BCUT2D eigenvalue weighted by Gasteiger charge is 2.29. The Morgan fingerprint density at radius 3 is 2.28 bits per heavy atom. The minimum absolute atomic E-state index is 0.0576. The quantitative estimate of drug-likeness (QED) is 0.103. The zero-order valence-corrected chi connectivity index (χ0v) is 22.7. The average Bonchev–Trinajstić information content (AvgIpc) is 2.87. The number of allylic oxidation sites excluding steroid dienone is 3. The van der Waals surface area contributed by atoms with Gasteiger partial charge in [-0.3, -0.25) is 9.59 Å². The molecule has 3 atom stereocenters. The lowest BCUT2D eigenvalue weighted by Crippen LogP contribution is -2.23. The first-order chi connectivity index (χ1) is 17.3. The van der Waals surface area contributed by atoms with E-state index in [2.05, 4.69) is 33.4 Å². The van der Waals surface area contributed by atoms with Crippen LogP contribution in [-0.4, -0.2) is 18.4 Å². The Hall–Kier alpha value is -2.94. The van der Waals surface area contributed by atoms with Crippen LogP contribution in [0.4, 0.5) is 0 Å². The Morgan fingerprint density at radius 2 is 1.64 bits per heavy atom. The minimum Gasteiger partial charge on any atom is -0.466 e. The monoisotopic (exact) mass is 488 g/mol. The van der Waals surface area contributed by atoms with Gasteiger partial charge in [0.25, 0.3) is 0 Å². The van der Waals surface area contributed by atoms with E-state index in [-0.39, 0.29) is 30.0 Å². The molecule has 0 spiro atoms. The van der Waals surface area contributed by atoms with Crippen molar-refractivity contribution in [2.24, 2.45) is 11.8 Å². The van der Waals surface area contributed by atoms with Crippen LogP contribution in [0, 0.1) is 11.8 Å². The molecule has 2 rings (SSSR count). The van der Waals surface area contributed by atoms with E-state index in [1.165, 1.54) is 11.1 Å². The van der Waals surface area contributed by atoms with Gasteiger partial charge >= 0.3 is 5.97 Å². The number of hydrogen-bond donors (Lipinski definition) is 0. The summed E-state index contributed by atoms with van der Waals surface area (Å²) in [6.07, 6.45) is 10.4. The van der Waals surface area contributed by atoms with Gasteiger partial charge in [0.2, 0.25) is 0 Å². The summed E-state index contributed by atoms with van der Waals surface area (Å²) >= 11 is 0. The predicted octanol–water partition coefficient (Wildman–Crippen LogP) is 8.50. The van der Waals surface area contributed by atoms with Crippen molar-refractivity contribution in [3.05, 3.63) is 95.6 Å². The molecule has 3 unspecified atom stereocenters. The molecule has 0 aliphatic rings. The predicted molar refractivity (Wildman–Crippen MR) is 150 cm³/mol. The third-order valence-corrected chi connectivity index (χ3v) is 6.83. The SMILES string of the molecule is C=CCCCc1ccc(C(=O)C(C)C(CC(=O)OCCC(C)CCC=C(C)C)c2ccccc2)cc1. The van der Waals surface area contributed by atoms with Crippen LogP contribution in [0.25, 0.3) is 0 Å². The van der Waals surface area contributed by atoms with Crippen molar-refractivity contribution in [1.29, 1.82) is 0 Å². The topological polar surface area (TPSA) is 43.4 Å². The molecule has 2 aromatic rings. The number of Topliss-reactive ketones (excluding diaryl/α,β-unsaturated/α-hetero) is 1. The summed E-state index contributed by atoms with van der Waals surface area (Å²) in [5, 5.41) is 0. The third kappa shape index (κ3) is 10.4. The van der Waals surface area contributed by atoms with Crippen molar-refractivity contribution < 1.29 is 14.3 Å². The zero-order chi connectivity index (χ0) is 26.3. The zero-order valence-electron chi connectivity index (χ0n) is 22.7. The maximum Gasteiger partial charge on any atom is 0.306 e. The average molecular weight is 489 g/mol. The fourth-order valence-electron chi connectivity index (χ4n) is 4.43. The first kappa shape index (κ1) is 29.3. The molecular weight excluding hydrogens is 444 g/mol. The molecule has 0 fully saturated rings. The molecular formula is C33H44O3. The summed E-state index contributed by atoms with van der Waals surface area (Å²) in [4.78, 5) is 26.2. The molecule has 0 saturated carbocycles. The molecule has 194 valence electrons. The van der Waals surface area contributed by atoms with E-state index < -0.39 is 0 Å². The highest BCUT2D eigenvalue weighted by Crippen LogP contribution is 2.31. The third-order valence-electron chi connectivity index (χ3n) is 6.83. The largest absolute Gasteiger partial charge is 0.466 e. The Morgan fingerprint density at radius 1 is 0.944 bits per heavy atom. The summed E-state index contributed by atoms with van der Waals surface area (Å²) in [6, 6.07) is 17.8. The maximum atomic E-state index is 13.4. The van der Waals surface area contributed by atoms with Crippen molar-refractivity contribution in [3.63, 3.8) is 0 Å². The van der Waals surface area contributed by atoms with Crippen molar-refractivity contribution in [3.8, 4) is 0 Å². The number of unbranched alkanes of at least 4 members (excludes halogenated alkanes) is 1. The highest BCUT2D eigenvalue weighted by atomic mass is 16.5. The maximum absolute atomic E-state index is 13.4. The van der Waals surface area contributed by atoms with Crippen LogP contribution >= 0.6 is 0 Å². The second kappa shape index (κ2) is 15.9. The lowest BCUT2D eigenvalue weighted by atomic mass is 9.80. The standard InChI is InChI=1S/C33H44O3/c1-6-7-9-15-28-18-20-30(21-19-28)33(35)27(5)31(29-16-10-8-11-17-29)24-32(34)36-23-22-26(4)14-12-13-25(2)3/h6,8,10-11,13,16-21,26-27,31H,1,7,9,12,14-15,22-24H2,2-5H3. The van der Waals surface area contributed by atoms with Gasteiger partial charge in [-0.15, -0.1) is 6.58 Å². The van der Waals surface area contributed by atoms with E-state index in [1.807, 2.05) is 67.6 Å². The van der Waals surface area contributed by atoms with Crippen molar-refractivity contribution in [1.82, 2.24) is 0 Å². The van der Waals surface area contributed by atoms with Crippen LogP contribution in [0.15, 0.2) is 78.9 Å². The van der Waals surface area contributed by atoms with E-state index >= 15 is 0 Å². The van der Waals surface area contributed by atoms with E-state index in [4.69, 9.17) is 4.74 Å². The molecule has 3 heteroatoms. The molecule has 36 heavy (non-hydrogen) atoms. The molecule has 0 saturated heterocycles. The lowest BCUT2D eigenvalue weighted by Gasteiger charge is -2.23. The minimum atomic E-state index is -0.338. The summed E-state index contributed by atoms with van der Waals surface area (Å²) in [7, 11) is 0. The van der Waals surface area contributed by atoms with Gasteiger partial charge in [0.15, 0.2) is 5.78 Å². The first-order valence-electron chi connectivity index (χ1n) is 13.4. The molecule has 0 heterocycles. The van der Waals surface area contributed by atoms with Gasteiger partial charge in [0.1, 0.15) is 0 Å². The molecule has 2 aromatic carbocycles. The van der Waals surface area contributed by atoms with Crippen LogP contribution in [0.3, 0.4) is 0 Å². The van der Waals surface area contributed by atoms with Gasteiger partial charge in [-0.25, -0.2) is 0 Å². The van der Waals surface area contributed by atoms with Crippen LogP contribution in [0.2, 0.25) is 0 Å². The molecule has 0 aliphatic heterocycles. The van der Waals surface area contributed by atoms with Gasteiger partial charge in [0, 0.05) is 17.4 Å². The smallest absolute Gasteiger partial charge is 0.306 e. The Bertz CT molecular complexity index is 968. The van der Waals surface area contributed by atoms with Crippen molar-refractivity contribution in [2.45, 2.75) is 78.6 Å². The molecule has 0 amide bonds. The van der Waals surface area contributed by atoms with Gasteiger partial charge in [-0.2, -0.15) is 0 Å². The lowest BCUT2D eigenvalue weighted by molar-refractivity contribution is -0.144. The number of ether oxygens (including phenoxy) is 1.